The summed E-state index contributed by atoms with van der Waals surface area (Å²) >= 11 is 6.62. The molecule has 0 aromatic carbocycles. The molecule has 1 aliphatic heterocycles. The first kappa shape index (κ1) is 13.7. The molecule has 2 rings (SSSR count). The SMILES string of the molecule is N#C[C@]1(NC(=O)/C=C/c2cc(Br)cs2)CCSC1. The Labute approximate surface area is 122 Å². The van der Waals surface area contributed by atoms with Gasteiger partial charge in [-0.3, -0.25) is 4.79 Å². The number of nitrogens with one attached hydrogen (secondary N) is 1. The standard InChI is InChI=1S/C12H11BrN2OS2/c13-9-5-10(18-6-9)1-2-11(16)15-12(7-14)3-4-17-8-12/h1-2,5-6H,3-4,8H2,(H,15,16)/b2-1+/t12-/m1/s1. The van der Waals surface area contributed by atoms with Crippen LogP contribution in [0.5, 0.6) is 0 Å². The van der Waals surface area contributed by atoms with Gasteiger partial charge in [-0.15, -0.1) is 11.3 Å². The van der Waals surface area contributed by atoms with Crippen molar-refractivity contribution in [3.63, 3.8) is 0 Å². The molecule has 1 amide bonds. The molecule has 94 valence electrons. The van der Waals surface area contributed by atoms with Gasteiger partial charge in [0, 0.05) is 26.6 Å². The fourth-order valence-corrected chi connectivity index (χ4v) is 4.23. The van der Waals surface area contributed by atoms with Gasteiger partial charge in [-0.05, 0) is 40.2 Å². The van der Waals surface area contributed by atoms with Gasteiger partial charge in [0.25, 0.3) is 0 Å². The molecule has 18 heavy (non-hydrogen) atoms. The number of thioether (sulfide) groups is 1. The second-order valence-corrected chi connectivity index (χ2v) is 6.95. The average Bonchev–Trinajstić information content (AvgIpc) is 2.97. The molecule has 2 heterocycles. The number of carbonyl (C=O) groups excluding carboxylic acids is 1. The lowest BCUT2D eigenvalue weighted by Crippen LogP contribution is -2.46. The molecule has 1 N–H and O–H groups in total. The lowest BCUT2D eigenvalue weighted by atomic mass is 10.0. The second kappa shape index (κ2) is 5.91. The summed E-state index contributed by atoms with van der Waals surface area (Å²) in [6, 6.07) is 4.16. The highest BCUT2D eigenvalue weighted by Crippen LogP contribution is 2.27. The van der Waals surface area contributed by atoms with Crippen LogP contribution in [-0.4, -0.2) is 23.0 Å². The Morgan fingerprint density at radius 3 is 3.06 bits per heavy atom. The maximum Gasteiger partial charge on any atom is 0.245 e. The number of nitrogens with zero attached hydrogens (tertiary/aromatic N) is 1. The predicted molar refractivity (Wildman–Crippen MR) is 79.5 cm³/mol. The summed E-state index contributed by atoms with van der Waals surface area (Å²) in [4.78, 5) is 12.8. The number of rotatable bonds is 3. The van der Waals surface area contributed by atoms with Crippen LogP contribution < -0.4 is 5.32 Å². The zero-order valence-electron chi connectivity index (χ0n) is 9.48. The minimum absolute atomic E-state index is 0.205. The lowest BCUT2D eigenvalue weighted by Gasteiger charge is -2.19. The number of hydrogen-bond acceptors (Lipinski definition) is 4. The highest BCUT2D eigenvalue weighted by molar-refractivity contribution is 9.10. The van der Waals surface area contributed by atoms with E-state index in [1.807, 2.05) is 11.4 Å². The molecule has 1 aliphatic rings. The quantitative estimate of drug-likeness (QED) is 0.859. The van der Waals surface area contributed by atoms with Crippen LogP contribution >= 0.6 is 39.0 Å². The van der Waals surface area contributed by atoms with Gasteiger partial charge in [0.15, 0.2) is 0 Å². The third-order valence-electron chi connectivity index (χ3n) is 2.58. The average molecular weight is 343 g/mol. The van der Waals surface area contributed by atoms with Crippen LogP contribution in [-0.2, 0) is 4.79 Å². The number of amides is 1. The monoisotopic (exact) mass is 342 g/mol. The van der Waals surface area contributed by atoms with E-state index in [9.17, 15) is 4.79 Å². The molecule has 0 spiro atoms. The van der Waals surface area contributed by atoms with Crippen molar-refractivity contribution in [2.45, 2.75) is 12.0 Å². The molecule has 1 aromatic rings. The van der Waals surface area contributed by atoms with Crippen molar-refractivity contribution in [2.75, 3.05) is 11.5 Å². The van der Waals surface area contributed by atoms with Gasteiger partial charge >= 0.3 is 0 Å². The number of thiophene rings is 1. The summed E-state index contributed by atoms with van der Waals surface area (Å²) in [6.07, 6.45) is 3.97. The predicted octanol–water partition coefficient (Wildman–Crippen LogP) is 3.04. The fourth-order valence-electron chi connectivity index (χ4n) is 1.63. The van der Waals surface area contributed by atoms with E-state index in [0.29, 0.717) is 5.75 Å². The summed E-state index contributed by atoms with van der Waals surface area (Å²) in [5, 5.41) is 13.9. The van der Waals surface area contributed by atoms with E-state index >= 15 is 0 Å². The summed E-state index contributed by atoms with van der Waals surface area (Å²) in [5.74, 6) is 1.40. The number of carbonyl (C=O) groups is 1. The lowest BCUT2D eigenvalue weighted by molar-refractivity contribution is -0.117. The van der Waals surface area contributed by atoms with E-state index in [-0.39, 0.29) is 5.91 Å². The van der Waals surface area contributed by atoms with Gasteiger partial charge in [0.2, 0.25) is 5.91 Å². The Bertz CT molecular complexity index is 512. The second-order valence-electron chi connectivity index (χ2n) is 3.99. The van der Waals surface area contributed by atoms with Crippen LogP contribution in [0, 0.1) is 11.3 Å². The van der Waals surface area contributed by atoms with Crippen molar-refractivity contribution in [2.24, 2.45) is 0 Å². The summed E-state index contributed by atoms with van der Waals surface area (Å²) in [7, 11) is 0. The van der Waals surface area contributed by atoms with E-state index in [0.717, 1.165) is 21.5 Å². The van der Waals surface area contributed by atoms with Crippen LogP contribution in [0.15, 0.2) is 22.0 Å². The third-order valence-corrected chi connectivity index (χ3v) is 5.43. The topological polar surface area (TPSA) is 52.9 Å². The molecule has 1 aromatic heterocycles. The molecule has 0 aliphatic carbocycles. The molecule has 0 radical (unpaired) electrons. The molecule has 0 saturated carbocycles. The minimum atomic E-state index is -0.678. The van der Waals surface area contributed by atoms with Crippen LogP contribution in [0.3, 0.4) is 0 Å². The summed E-state index contributed by atoms with van der Waals surface area (Å²) in [5.41, 5.74) is -0.678. The normalized spacial score (nSPS) is 23.1. The van der Waals surface area contributed by atoms with Crippen LogP contribution in [0.4, 0.5) is 0 Å². The molecule has 1 atom stereocenters. The van der Waals surface area contributed by atoms with Crippen molar-refractivity contribution >= 4 is 51.0 Å². The molecule has 0 unspecified atom stereocenters. The number of nitriles is 1. The van der Waals surface area contributed by atoms with Crippen molar-refractivity contribution in [3.8, 4) is 6.07 Å². The zero-order chi connectivity index (χ0) is 13.0. The van der Waals surface area contributed by atoms with Gasteiger partial charge in [-0.25, -0.2) is 0 Å². The van der Waals surface area contributed by atoms with Gasteiger partial charge in [0.1, 0.15) is 5.54 Å². The molecular weight excluding hydrogens is 332 g/mol. The Morgan fingerprint density at radius 1 is 1.67 bits per heavy atom. The van der Waals surface area contributed by atoms with E-state index in [1.54, 1.807) is 29.2 Å². The number of hydrogen-bond donors (Lipinski definition) is 1. The van der Waals surface area contributed by atoms with Crippen LogP contribution in [0.1, 0.15) is 11.3 Å². The Kier molecular flexibility index (Phi) is 4.49. The number of halogens is 1. The van der Waals surface area contributed by atoms with Gasteiger partial charge in [-0.2, -0.15) is 17.0 Å². The summed E-state index contributed by atoms with van der Waals surface area (Å²) < 4.78 is 1.01. The fraction of sp³-hybridized carbons (Fsp3) is 0.333. The van der Waals surface area contributed by atoms with Crippen molar-refractivity contribution < 1.29 is 4.79 Å². The van der Waals surface area contributed by atoms with Crippen LogP contribution in [0.25, 0.3) is 6.08 Å². The Hall–Kier alpha value is -0.770. The third kappa shape index (κ3) is 3.37. The van der Waals surface area contributed by atoms with Crippen molar-refractivity contribution in [1.29, 1.82) is 5.26 Å². The van der Waals surface area contributed by atoms with Gasteiger partial charge in [-0.1, -0.05) is 0 Å². The highest BCUT2D eigenvalue weighted by atomic mass is 79.9. The van der Waals surface area contributed by atoms with E-state index in [2.05, 4.69) is 27.3 Å². The Balaban J connectivity index is 1.96. The molecule has 1 saturated heterocycles. The summed E-state index contributed by atoms with van der Waals surface area (Å²) in [6.45, 7) is 0. The maximum absolute atomic E-state index is 11.8. The zero-order valence-corrected chi connectivity index (χ0v) is 12.7. The minimum Gasteiger partial charge on any atom is -0.333 e. The maximum atomic E-state index is 11.8. The first-order chi connectivity index (χ1) is 8.63. The van der Waals surface area contributed by atoms with E-state index in [4.69, 9.17) is 5.26 Å². The van der Waals surface area contributed by atoms with E-state index in [1.165, 1.54) is 6.08 Å². The Morgan fingerprint density at radius 2 is 2.50 bits per heavy atom. The first-order valence-corrected chi connectivity index (χ1v) is 8.20. The first-order valence-electron chi connectivity index (χ1n) is 5.37. The molecule has 6 heteroatoms. The molecule has 3 nitrogen and oxygen atoms in total. The smallest absolute Gasteiger partial charge is 0.245 e. The van der Waals surface area contributed by atoms with Crippen molar-refractivity contribution in [1.82, 2.24) is 5.32 Å². The van der Waals surface area contributed by atoms with Gasteiger partial charge < -0.3 is 5.32 Å². The van der Waals surface area contributed by atoms with Crippen LogP contribution in [0.2, 0.25) is 0 Å². The van der Waals surface area contributed by atoms with Crippen molar-refractivity contribution in [3.05, 3.63) is 26.9 Å². The highest BCUT2D eigenvalue weighted by Gasteiger charge is 2.35. The molecule has 1 fully saturated rings. The molecular formula is C12H11BrN2OS2. The van der Waals surface area contributed by atoms with E-state index < -0.39 is 5.54 Å². The van der Waals surface area contributed by atoms with Gasteiger partial charge in [0.05, 0.1) is 6.07 Å². The largest absolute Gasteiger partial charge is 0.333 e. The molecule has 0 bridgehead atoms.